The van der Waals surface area contributed by atoms with Gasteiger partial charge in [0.15, 0.2) is 0 Å². The van der Waals surface area contributed by atoms with Crippen LogP contribution in [0.5, 0.6) is 0 Å². The smallest absolute Gasteiger partial charge is 0.125 e. The average Bonchev–Trinajstić information content (AvgIpc) is 2.92. The fraction of sp³-hybridized carbons (Fsp3) is 0.455. The molecule has 0 bridgehead atoms. The lowest BCUT2D eigenvalue weighted by Gasteiger charge is -2.08. The number of nitrogens with two attached hydrogens (primary N) is 1. The Morgan fingerprint density at radius 1 is 1.43 bits per heavy atom. The van der Waals surface area contributed by atoms with Crippen molar-refractivity contribution in [3.05, 3.63) is 24.0 Å². The Kier molecular flexibility index (Phi) is 2.57. The number of rotatable bonds is 4. The van der Waals surface area contributed by atoms with E-state index in [0.29, 0.717) is 5.69 Å². The van der Waals surface area contributed by atoms with E-state index in [4.69, 9.17) is 5.73 Å². The Hall–Kier alpha value is -1.25. The van der Waals surface area contributed by atoms with E-state index in [1.165, 1.54) is 31.4 Å². The summed E-state index contributed by atoms with van der Waals surface area (Å²) in [4.78, 5) is 0. The minimum absolute atomic E-state index is 0.282. The van der Waals surface area contributed by atoms with E-state index in [9.17, 15) is 4.39 Å². The van der Waals surface area contributed by atoms with Crippen molar-refractivity contribution in [1.82, 2.24) is 0 Å². The molecular formula is C11H15FN2. The molecule has 0 aliphatic heterocycles. The highest BCUT2D eigenvalue weighted by Gasteiger charge is 2.20. The molecule has 0 saturated heterocycles. The Morgan fingerprint density at radius 2 is 2.21 bits per heavy atom. The van der Waals surface area contributed by atoms with Crippen LogP contribution in [-0.4, -0.2) is 6.54 Å². The van der Waals surface area contributed by atoms with Crippen LogP contribution in [0.2, 0.25) is 0 Å². The lowest BCUT2D eigenvalue weighted by Crippen LogP contribution is -2.04. The molecule has 1 fully saturated rings. The van der Waals surface area contributed by atoms with E-state index in [1.807, 2.05) is 0 Å². The zero-order chi connectivity index (χ0) is 9.97. The number of hydrogen-bond donors (Lipinski definition) is 2. The molecule has 0 spiro atoms. The van der Waals surface area contributed by atoms with Gasteiger partial charge in [0.2, 0.25) is 0 Å². The molecule has 0 unspecified atom stereocenters. The van der Waals surface area contributed by atoms with Gasteiger partial charge in [0, 0.05) is 6.54 Å². The predicted octanol–water partition coefficient (Wildman–Crippen LogP) is 2.62. The molecule has 2 rings (SSSR count). The van der Waals surface area contributed by atoms with E-state index in [2.05, 4.69) is 5.32 Å². The molecule has 2 nitrogen and oxygen atoms in total. The van der Waals surface area contributed by atoms with Crippen LogP contribution in [-0.2, 0) is 0 Å². The van der Waals surface area contributed by atoms with E-state index < -0.39 is 0 Å². The van der Waals surface area contributed by atoms with Crippen LogP contribution in [0.25, 0.3) is 0 Å². The first kappa shape index (κ1) is 9.31. The monoisotopic (exact) mass is 194 g/mol. The Bertz CT molecular complexity index is 321. The zero-order valence-corrected chi connectivity index (χ0v) is 8.09. The van der Waals surface area contributed by atoms with Crippen molar-refractivity contribution < 1.29 is 4.39 Å². The third-order valence-corrected chi connectivity index (χ3v) is 2.58. The number of nitrogens with one attached hydrogen (secondary N) is 1. The third kappa shape index (κ3) is 2.37. The summed E-state index contributed by atoms with van der Waals surface area (Å²) in [7, 11) is 0. The van der Waals surface area contributed by atoms with Gasteiger partial charge in [0.1, 0.15) is 5.82 Å². The maximum absolute atomic E-state index is 12.7. The summed E-state index contributed by atoms with van der Waals surface area (Å²) in [6.07, 6.45) is 3.91. The zero-order valence-electron chi connectivity index (χ0n) is 8.09. The number of halogens is 1. The molecular weight excluding hydrogens is 179 g/mol. The van der Waals surface area contributed by atoms with Gasteiger partial charge in [-0.1, -0.05) is 12.8 Å². The van der Waals surface area contributed by atoms with Gasteiger partial charge in [-0.3, -0.25) is 0 Å². The Morgan fingerprint density at radius 3 is 2.86 bits per heavy atom. The van der Waals surface area contributed by atoms with Gasteiger partial charge in [-0.2, -0.15) is 0 Å². The van der Waals surface area contributed by atoms with Crippen molar-refractivity contribution in [2.75, 3.05) is 17.6 Å². The third-order valence-electron chi connectivity index (χ3n) is 2.58. The topological polar surface area (TPSA) is 38.0 Å². The molecule has 1 aliphatic rings. The Balaban J connectivity index is 1.87. The largest absolute Gasteiger partial charge is 0.397 e. The second-order valence-corrected chi connectivity index (χ2v) is 3.89. The summed E-state index contributed by atoms with van der Waals surface area (Å²) in [5.41, 5.74) is 6.98. The fourth-order valence-corrected chi connectivity index (χ4v) is 1.51. The normalized spacial score (nSPS) is 15.5. The lowest BCUT2D eigenvalue weighted by atomic mass is 10.2. The SMILES string of the molecule is Nc1cc(F)ccc1NCCC1CC1. The predicted molar refractivity (Wildman–Crippen MR) is 56.6 cm³/mol. The van der Waals surface area contributed by atoms with Crippen LogP contribution in [0.4, 0.5) is 15.8 Å². The average molecular weight is 194 g/mol. The highest BCUT2D eigenvalue weighted by Crippen LogP contribution is 2.32. The molecule has 3 N–H and O–H groups in total. The van der Waals surface area contributed by atoms with Gasteiger partial charge in [-0.25, -0.2) is 4.39 Å². The van der Waals surface area contributed by atoms with Crippen LogP contribution < -0.4 is 11.1 Å². The summed E-state index contributed by atoms with van der Waals surface area (Å²) in [5.74, 6) is 0.624. The van der Waals surface area contributed by atoms with Crippen LogP contribution in [0, 0.1) is 11.7 Å². The summed E-state index contributed by atoms with van der Waals surface area (Å²) in [5, 5.41) is 3.22. The quantitative estimate of drug-likeness (QED) is 0.723. The van der Waals surface area contributed by atoms with Crippen LogP contribution in [0.1, 0.15) is 19.3 Å². The summed E-state index contributed by atoms with van der Waals surface area (Å²) >= 11 is 0. The fourth-order valence-electron chi connectivity index (χ4n) is 1.51. The van der Waals surface area contributed by atoms with Crippen molar-refractivity contribution in [2.24, 2.45) is 5.92 Å². The highest BCUT2D eigenvalue weighted by molar-refractivity contribution is 5.65. The van der Waals surface area contributed by atoms with Gasteiger partial charge >= 0.3 is 0 Å². The molecule has 1 aromatic rings. The number of nitrogen functional groups attached to an aromatic ring is 1. The molecule has 1 saturated carbocycles. The first-order valence-electron chi connectivity index (χ1n) is 5.04. The van der Waals surface area contributed by atoms with Crippen LogP contribution >= 0.6 is 0 Å². The van der Waals surface area contributed by atoms with Gasteiger partial charge in [-0.05, 0) is 30.5 Å². The molecule has 3 heteroatoms. The lowest BCUT2D eigenvalue weighted by molar-refractivity contribution is 0.628. The van der Waals surface area contributed by atoms with E-state index in [-0.39, 0.29) is 5.82 Å². The van der Waals surface area contributed by atoms with Crippen molar-refractivity contribution in [1.29, 1.82) is 0 Å². The number of anilines is 2. The van der Waals surface area contributed by atoms with E-state index in [1.54, 1.807) is 6.07 Å². The molecule has 0 amide bonds. The standard InChI is InChI=1S/C11H15FN2/c12-9-3-4-11(10(13)7-9)14-6-5-8-1-2-8/h3-4,7-8,14H,1-2,5-6,13H2. The van der Waals surface area contributed by atoms with E-state index in [0.717, 1.165) is 18.2 Å². The Labute approximate surface area is 83.3 Å². The molecule has 0 heterocycles. The number of benzene rings is 1. The maximum Gasteiger partial charge on any atom is 0.125 e. The summed E-state index contributed by atoms with van der Waals surface area (Å²) < 4.78 is 12.7. The molecule has 14 heavy (non-hydrogen) atoms. The molecule has 1 aromatic carbocycles. The van der Waals surface area contributed by atoms with Crippen molar-refractivity contribution in [3.8, 4) is 0 Å². The van der Waals surface area contributed by atoms with Crippen LogP contribution in [0.15, 0.2) is 18.2 Å². The van der Waals surface area contributed by atoms with Gasteiger partial charge in [-0.15, -0.1) is 0 Å². The van der Waals surface area contributed by atoms with Crippen molar-refractivity contribution in [3.63, 3.8) is 0 Å². The molecule has 0 atom stereocenters. The first-order chi connectivity index (χ1) is 6.75. The summed E-state index contributed by atoms with van der Waals surface area (Å²) in [6.45, 7) is 0.931. The highest BCUT2D eigenvalue weighted by atomic mass is 19.1. The van der Waals surface area contributed by atoms with Gasteiger partial charge in [0.05, 0.1) is 11.4 Å². The van der Waals surface area contributed by atoms with E-state index >= 15 is 0 Å². The number of hydrogen-bond acceptors (Lipinski definition) is 2. The first-order valence-corrected chi connectivity index (χ1v) is 5.04. The van der Waals surface area contributed by atoms with Gasteiger partial charge < -0.3 is 11.1 Å². The molecule has 0 aromatic heterocycles. The van der Waals surface area contributed by atoms with Crippen LogP contribution in [0.3, 0.4) is 0 Å². The van der Waals surface area contributed by atoms with Crippen molar-refractivity contribution >= 4 is 11.4 Å². The summed E-state index contributed by atoms with van der Waals surface area (Å²) in [6, 6.07) is 4.47. The molecule has 76 valence electrons. The minimum Gasteiger partial charge on any atom is -0.397 e. The van der Waals surface area contributed by atoms with Crippen molar-refractivity contribution in [2.45, 2.75) is 19.3 Å². The van der Waals surface area contributed by atoms with Gasteiger partial charge in [0.25, 0.3) is 0 Å². The minimum atomic E-state index is -0.282. The second-order valence-electron chi connectivity index (χ2n) is 3.89. The molecule has 0 radical (unpaired) electrons. The maximum atomic E-state index is 12.7. The molecule has 1 aliphatic carbocycles. The second kappa shape index (κ2) is 3.86.